The van der Waals surface area contributed by atoms with E-state index in [0.29, 0.717) is 39.2 Å². The zero-order chi connectivity index (χ0) is 15.3. The Balaban J connectivity index is 2.69. The van der Waals surface area contributed by atoms with Crippen molar-refractivity contribution in [3.63, 3.8) is 0 Å². The maximum Gasteiger partial charge on any atom is 0.165 e. The summed E-state index contributed by atoms with van der Waals surface area (Å²) >= 11 is 0. The third-order valence-corrected chi connectivity index (χ3v) is 2.84. The van der Waals surface area contributed by atoms with Crippen LogP contribution in [0.3, 0.4) is 0 Å². The lowest BCUT2D eigenvalue weighted by atomic mass is 10.2. The van der Waals surface area contributed by atoms with Crippen LogP contribution < -0.4 is 14.8 Å². The Kier molecular flexibility index (Phi) is 9.01. The Morgan fingerprint density at radius 1 is 1.24 bits per heavy atom. The number of methoxy groups -OCH3 is 1. The molecule has 0 bridgehead atoms. The Labute approximate surface area is 126 Å². The van der Waals surface area contributed by atoms with Crippen LogP contribution in [0.15, 0.2) is 18.2 Å². The predicted molar refractivity (Wildman–Crippen MR) is 81.5 cm³/mol. The lowest BCUT2D eigenvalue weighted by molar-refractivity contribution is 0.199. The molecule has 21 heavy (non-hydrogen) atoms. The molecular weight excluding hydrogens is 268 g/mol. The van der Waals surface area contributed by atoms with Crippen LogP contribution >= 0.6 is 0 Å². The molecule has 0 fully saturated rings. The first-order valence-electron chi connectivity index (χ1n) is 7.27. The van der Waals surface area contributed by atoms with Gasteiger partial charge in [-0.1, -0.05) is 12.1 Å². The van der Waals surface area contributed by atoms with Gasteiger partial charge in [0, 0.05) is 32.2 Å². The van der Waals surface area contributed by atoms with E-state index in [-0.39, 0.29) is 0 Å². The number of para-hydroxylation sites is 1. The van der Waals surface area contributed by atoms with Crippen molar-refractivity contribution < 1.29 is 14.2 Å². The van der Waals surface area contributed by atoms with Gasteiger partial charge in [-0.3, -0.25) is 0 Å². The molecule has 0 heterocycles. The predicted octanol–water partition coefficient (Wildman–Crippen LogP) is 2.50. The summed E-state index contributed by atoms with van der Waals surface area (Å²) in [5.41, 5.74) is 1.05. The van der Waals surface area contributed by atoms with Crippen molar-refractivity contribution in [1.29, 1.82) is 5.26 Å². The van der Waals surface area contributed by atoms with Crippen LogP contribution in [-0.2, 0) is 11.3 Å². The van der Waals surface area contributed by atoms with Crippen LogP contribution in [0.2, 0.25) is 0 Å². The summed E-state index contributed by atoms with van der Waals surface area (Å²) in [7, 11) is 1.68. The van der Waals surface area contributed by atoms with Gasteiger partial charge in [0.15, 0.2) is 11.5 Å². The number of hydrogen-bond donors (Lipinski definition) is 1. The number of unbranched alkanes of at least 4 members (excludes halogenated alkanes) is 1. The second-order valence-electron chi connectivity index (χ2n) is 4.46. The molecule has 5 heteroatoms. The molecule has 0 aliphatic rings. The second kappa shape index (κ2) is 11.0. The minimum Gasteiger partial charge on any atom is -0.490 e. The molecule has 0 spiro atoms. The van der Waals surface area contributed by atoms with Crippen LogP contribution in [0.4, 0.5) is 0 Å². The molecular formula is C16H24N2O3. The average molecular weight is 292 g/mol. The highest BCUT2D eigenvalue weighted by Crippen LogP contribution is 2.31. The summed E-state index contributed by atoms with van der Waals surface area (Å²) in [6.45, 7) is 5.20. The quantitative estimate of drug-likeness (QED) is 0.635. The van der Waals surface area contributed by atoms with Crippen molar-refractivity contribution in [3.05, 3.63) is 23.8 Å². The molecule has 0 amide bonds. The maximum absolute atomic E-state index is 8.57. The van der Waals surface area contributed by atoms with Gasteiger partial charge in [0.1, 0.15) is 0 Å². The van der Waals surface area contributed by atoms with Gasteiger partial charge in [-0.05, 0) is 19.4 Å². The van der Waals surface area contributed by atoms with Crippen LogP contribution in [0.1, 0.15) is 25.3 Å². The average Bonchev–Trinajstić information content (AvgIpc) is 2.50. The van der Waals surface area contributed by atoms with E-state index in [2.05, 4.69) is 11.4 Å². The zero-order valence-electron chi connectivity index (χ0n) is 12.9. The third kappa shape index (κ3) is 6.48. The third-order valence-electron chi connectivity index (χ3n) is 2.84. The standard InChI is InChI=1S/C16H24N2O3/c1-3-20-15-8-6-7-14(13-18-10-12-19-2)16(15)21-11-5-4-9-17/h6-8,18H,3-5,10-13H2,1-2H3. The number of nitrogens with zero attached hydrogens (tertiary/aromatic N) is 1. The van der Waals surface area contributed by atoms with E-state index < -0.39 is 0 Å². The summed E-state index contributed by atoms with van der Waals surface area (Å²) in [5, 5.41) is 11.9. The molecule has 5 nitrogen and oxygen atoms in total. The number of hydrogen-bond acceptors (Lipinski definition) is 5. The first-order chi connectivity index (χ1) is 10.3. The molecule has 0 aliphatic heterocycles. The van der Waals surface area contributed by atoms with E-state index in [4.69, 9.17) is 19.5 Å². The van der Waals surface area contributed by atoms with E-state index in [9.17, 15) is 0 Å². The molecule has 0 radical (unpaired) electrons. The van der Waals surface area contributed by atoms with Gasteiger partial charge in [0.25, 0.3) is 0 Å². The lowest BCUT2D eigenvalue weighted by Gasteiger charge is -2.16. The number of nitriles is 1. The van der Waals surface area contributed by atoms with Crippen LogP contribution in [0, 0.1) is 11.3 Å². The van der Waals surface area contributed by atoms with Gasteiger partial charge in [0.05, 0.1) is 25.9 Å². The Hall–Kier alpha value is -1.77. The second-order valence-corrected chi connectivity index (χ2v) is 4.46. The summed E-state index contributed by atoms with van der Waals surface area (Å²) in [4.78, 5) is 0. The van der Waals surface area contributed by atoms with Crippen LogP contribution in [0.5, 0.6) is 11.5 Å². The van der Waals surface area contributed by atoms with Gasteiger partial charge < -0.3 is 19.5 Å². The van der Waals surface area contributed by atoms with E-state index >= 15 is 0 Å². The highest BCUT2D eigenvalue weighted by Gasteiger charge is 2.10. The summed E-state index contributed by atoms with van der Waals surface area (Å²) in [6, 6.07) is 8.00. The Morgan fingerprint density at radius 3 is 2.81 bits per heavy atom. The molecule has 1 aromatic rings. The number of nitrogens with one attached hydrogen (secondary N) is 1. The van der Waals surface area contributed by atoms with Gasteiger partial charge in [-0.15, -0.1) is 0 Å². The first kappa shape index (κ1) is 17.3. The van der Waals surface area contributed by atoms with Crippen molar-refractivity contribution in [2.75, 3.05) is 33.5 Å². The van der Waals surface area contributed by atoms with Crippen LogP contribution in [0.25, 0.3) is 0 Å². The number of rotatable bonds is 11. The molecule has 0 saturated heterocycles. The SMILES string of the molecule is CCOc1cccc(CNCCOC)c1OCCCC#N. The lowest BCUT2D eigenvalue weighted by Crippen LogP contribution is -2.19. The minimum absolute atomic E-state index is 0.498. The summed E-state index contributed by atoms with van der Waals surface area (Å²) < 4.78 is 16.5. The molecule has 1 aromatic carbocycles. The molecule has 1 N–H and O–H groups in total. The Bertz CT molecular complexity index is 444. The van der Waals surface area contributed by atoms with Gasteiger partial charge in [0.2, 0.25) is 0 Å². The first-order valence-corrected chi connectivity index (χ1v) is 7.27. The molecule has 0 aromatic heterocycles. The maximum atomic E-state index is 8.57. The van der Waals surface area contributed by atoms with Crippen molar-refractivity contribution in [2.24, 2.45) is 0 Å². The fourth-order valence-corrected chi connectivity index (χ4v) is 1.86. The van der Waals surface area contributed by atoms with Crippen molar-refractivity contribution >= 4 is 0 Å². The van der Waals surface area contributed by atoms with Gasteiger partial charge >= 0.3 is 0 Å². The van der Waals surface area contributed by atoms with E-state index in [1.165, 1.54) is 0 Å². The van der Waals surface area contributed by atoms with Crippen molar-refractivity contribution in [1.82, 2.24) is 5.32 Å². The van der Waals surface area contributed by atoms with E-state index in [1.807, 2.05) is 25.1 Å². The minimum atomic E-state index is 0.498. The number of ether oxygens (including phenoxy) is 3. The molecule has 116 valence electrons. The Morgan fingerprint density at radius 2 is 2.10 bits per heavy atom. The zero-order valence-corrected chi connectivity index (χ0v) is 12.9. The van der Waals surface area contributed by atoms with Crippen LogP contribution in [-0.4, -0.2) is 33.5 Å². The largest absolute Gasteiger partial charge is 0.490 e. The number of benzene rings is 1. The normalized spacial score (nSPS) is 10.1. The molecule has 0 aliphatic carbocycles. The fourth-order valence-electron chi connectivity index (χ4n) is 1.86. The van der Waals surface area contributed by atoms with Crippen molar-refractivity contribution in [2.45, 2.75) is 26.3 Å². The topological polar surface area (TPSA) is 63.5 Å². The molecule has 1 rings (SSSR count). The highest BCUT2D eigenvalue weighted by molar-refractivity contribution is 5.46. The highest BCUT2D eigenvalue weighted by atomic mass is 16.5. The van der Waals surface area contributed by atoms with Gasteiger partial charge in [-0.2, -0.15) is 5.26 Å². The van der Waals surface area contributed by atoms with Gasteiger partial charge in [-0.25, -0.2) is 0 Å². The van der Waals surface area contributed by atoms with E-state index in [0.717, 1.165) is 23.6 Å². The molecule has 0 atom stereocenters. The smallest absolute Gasteiger partial charge is 0.165 e. The fraction of sp³-hybridized carbons (Fsp3) is 0.562. The molecule has 0 saturated carbocycles. The molecule has 0 unspecified atom stereocenters. The summed E-state index contributed by atoms with van der Waals surface area (Å²) in [6.07, 6.45) is 1.21. The van der Waals surface area contributed by atoms with E-state index in [1.54, 1.807) is 7.11 Å². The monoisotopic (exact) mass is 292 g/mol. The summed E-state index contributed by atoms with van der Waals surface area (Å²) in [5.74, 6) is 1.52. The van der Waals surface area contributed by atoms with Crippen molar-refractivity contribution in [3.8, 4) is 17.6 Å².